The van der Waals surface area contributed by atoms with E-state index in [9.17, 15) is 9.18 Å². The standard InChI is InChI=1S/C11H13FN2O/c1-2-7-13-11(15)8-14-10-5-3-9(12)4-6-10/h2-6,14H,1,7-8H2,(H,13,15). The van der Waals surface area contributed by atoms with Crippen molar-refractivity contribution in [1.29, 1.82) is 0 Å². The number of benzene rings is 1. The fraction of sp³-hybridized carbons (Fsp3) is 0.182. The van der Waals surface area contributed by atoms with Gasteiger partial charge in [0.15, 0.2) is 0 Å². The average Bonchev–Trinajstić information content (AvgIpc) is 2.25. The highest BCUT2D eigenvalue weighted by atomic mass is 19.1. The molecule has 80 valence electrons. The fourth-order valence-corrected chi connectivity index (χ4v) is 0.999. The van der Waals surface area contributed by atoms with Gasteiger partial charge in [-0.25, -0.2) is 4.39 Å². The van der Waals surface area contributed by atoms with Crippen LogP contribution >= 0.6 is 0 Å². The molecule has 0 aliphatic rings. The minimum absolute atomic E-state index is 0.126. The van der Waals surface area contributed by atoms with Crippen LogP contribution in [0.2, 0.25) is 0 Å². The maximum Gasteiger partial charge on any atom is 0.239 e. The summed E-state index contributed by atoms with van der Waals surface area (Å²) >= 11 is 0. The van der Waals surface area contributed by atoms with E-state index in [4.69, 9.17) is 0 Å². The topological polar surface area (TPSA) is 41.1 Å². The first-order chi connectivity index (χ1) is 7.22. The van der Waals surface area contributed by atoms with Crippen LogP contribution in [-0.2, 0) is 4.79 Å². The Labute approximate surface area is 88.0 Å². The minimum Gasteiger partial charge on any atom is -0.376 e. The van der Waals surface area contributed by atoms with Crippen molar-refractivity contribution in [1.82, 2.24) is 5.32 Å². The first-order valence-electron chi connectivity index (χ1n) is 4.59. The molecule has 3 nitrogen and oxygen atoms in total. The Morgan fingerprint density at radius 1 is 1.40 bits per heavy atom. The Morgan fingerprint density at radius 2 is 2.07 bits per heavy atom. The van der Waals surface area contributed by atoms with Crippen LogP contribution in [0.25, 0.3) is 0 Å². The molecule has 1 aromatic rings. The summed E-state index contributed by atoms with van der Waals surface area (Å²) in [5, 5.41) is 5.49. The number of carbonyl (C=O) groups is 1. The zero-order valence-corrected chi connectivity index (χ0v) is 8.29. The molecule has 15 heavy (non-hydrogen) atoms. The third-order valence-electron chi connectivity index (χ3n) is 1.74. The fourth-order valence-electron chi connectivity index (χ4n) is 0.999. The molecule has 2 N–H and O–H groups in total. The molecule has 0 unspecified atom stereocenters. The molecule has 4 heteroatoms. The van der Waals surface area contributed by atoms with Gasteiger partial charge >= 0.3 is 0 Å². The molecule has 1 rings (SSSR count). The molecule has 0 aliphatic carbocycles. The highest BCUT2D eigenvalue weighted by Gasteiger charge is 1.98. The second-order valence-electron chi connectivity index (χ2n) is 2.95. The van der Waals surface area contributed by atoms with Gasteiger partial charge in [-0.05, 0) is 24.3 Å². The van der Waals surface area contributed by atoms with Gasteiger partial charge in [0, 0.05) is 12.2 Å². The summed E-state index contributed by atoms with van der Waals surface area (Å²) in [4.78, 5) is 11.1. The monoisotopic (exact) mass is 208 g/mol. The van der Waals surface area contributed by atoms with Gasteiger partial charge in [-0.1, -0.05) is 6.08 Å². The van der Waals surface area contributed by atoms with Crippen molar-refractivity contribution < 1.29 is 9.18 Å². The van der Waals surface area contributed by atoms with Crippen LogP contribution in [-0.4, -0.2) is 19.0 Å². The summed E-state index contributed by atoms with van der Waals surface area (Å²) in [5.41, 5.74) is 0.713. The molecule has 1 aromatic carbocycles. The van der Waals surface area contributed by atoms with Gasteiger partial charge in [0.2, 0.25) is 5.91 Å². The Bertz CT molecular complexity index is 335. The number of rotatable bonds is 5. The number of hydrogen-bond donors (Lipinski definition) is 2. The first-order valence-corrected chi connectivity index (χ1v) is 4.59. The van der Waals surface area contributed by atoms with E-state index in [2.05, 4.69) is 17.2 Å². The van der Waals surface area contributed by atoms with Crippen LogP contribution in [0.4, 0.5) is 10.1 Å². The van der Waals surface area contributed by atoms with Crippen molar-refractivity contribution in [3.8, 4) is 0 Å². The molecule has 1 amide bonds. The molecule has 0 aromatic heterocycles. The molecule has 0 atom stereocenters. The lowest BCUT2D eigenvalue weighted by molar-refractivity contribution is -0.119. The molecule has 0 heterocycles. The van der Waals surface area contributed by atoms with E-state index in [1.165, 1.54) is 12.1 Å². The van der Waals surface area contributed by atoms with Crippen molar-refractivity contribution in [2.75, 3.05) is 18.4 Å². The van der Waals surface area contributed by atoms with Gasteiger partial charge in [0.05, 0.1) is 6.54 Å². The summed E-state index contributed by atoms with van der Waals surface area (Å²) < 4.78 is 12.5. The number of amides is 1. The zero-order valence-electron chi connectivity index (χ0n) is 8.29. The van der Waals surface area contributed by atoms with Crippen LogP contribution in [0.15, 0.2) is 36.9 Å². The van der Waals surface area contributed by atoms with E-state index in [0.717, 1.165) is 0 Å². The van der Waals surface area contributed by atoms with Crippen LogP contribution in [0, 0.1) is 5.82 Å². The normalized spacial score (nSPS) is 9.40. The van der Waals surface area contributed by atoms with Crippen molar-refractivity contribution in [2.24, 2.45) is 0 Å². The van der Waals surface area contributed by atoms with Crippen molar-refractivity contribution in [3.05, 3.63) is 42.7 Å². The first kappa shape index (κ1) is 11.2. The highest BCUT2D eigenvalue weighted by Crippen LogP contribution is 2.07. The van der Waals surface area contributed by atoms with E-state index in [1.54, 1.807) is 18.2 Å². The number of carbonyl (C=O) groups excluding carboxylic acids is 1. The maximum atomic E-state index is 12.5. The maximum absolute atomic E-state index is 12.5. The molecule has 0 saturated heterocycles. The van der Waals surface area contributed by atoms with E-state index >= 15 is 0 Å². The Hall–Kier alpha value is -1.84. The predicted octanol–water partition coefficient (Wildman–Crippen LogP) is 1.54. The van der Waals surface area contributed by atoms with Crippen molar-refractivity contribution >= 4 is 11.6 Å². The molecular formula is C11H13FN2O. The lowest BCUT2D eigenvalue weighted by Crippen LogP contribution is -2.29. The Kier molecular flexibility index (Phi) is 4.34. The highest BCUT2D eigenvalue weighted by molar-refractivity contribution is 5.80. The van der Waals surface area contributed by atoms with Gasteiger partial charge < -0.3 is 10.6 Å². The molecule has 0 bridgehead atoms. The van der Waals surface area contributed by atoms with Crippen LogP contribution < -0.4 is 10.6 Å². The molecule has 0 aliphatic heterocycles. The summed E-state index contributed by atoms with van der Waals surface area (Å²) in [5.74, 6) is -0.420. The van der Waals surface area contributed by atoms with E-state index in [1.807, 2.05) is 0 Å². The van der Waals surface area contributed by atoms with Gasteiger partial charge in [0.25, 0.3) is 0 Å². The predicted molar refractivity (Wildman–Crippen MR) is 58.1 cm³/mol. The summed E-state index contributed by atoms with van der Waals surface area (Å²) in [6.45, 7) is 4.10. The van der Waals surface area contributed by atoms with Crippen LogP contribution in [0.5, 0.6) is 0 Å². The van der Waals surface area contributed by atoms with Gasteiger partial charge in [-0.2, -0.15) is 0 Å². The van der Waals surface area contributed by atoms with Gasteiger partial charge in [-0.15, -0.1) is 6.58 Å². The van der Waals surface area contributed by atoms with Crippen molar-refractivity contribution in [2.45, 2.75) is 0 Å². The quantitative estimate of drug-likeness (QED) is 0.721. The van der Waals surface area contributed by atoms with E-state index < -0.39 is 0 Å². The average molecular weight is 208 g/mol. The van der Waals surface area contributed by atoms with Crippen LogP contribution in [0.1, 0.15) is 0 Å². The molecular weight excluding hydrogens is 195 g/mol. The van der Waals surface area contributed by atoms with Gasteiger partial charge in [0.1, 0.15) is 5.82 Å². The summed E-state index contributed by atoms with van der Waals surface area (Å²) in [7, 11) is 0. The van der Waals surface area contributed by atoms with E-state index in [-0.39, 0.29) is 18.3 Å². The lowest BCUT2D eigenvalue weighted by atomic mass is 10.3. The molecule has 0 radical (unpaired) electrons. The summed E-state index contributed by atoms with van der Waals surface area (Å²) in [6.07, 6.45) is 1.61. The molecule has 0 saturated carbocycles. The van der Waals surface area contributed by atoms with E-state index in [0.29, 0.717) is 12.2 Å². The second kappa shape index (κ2) is 5.80. The number of nitrogens with one attached hydrogen (secondary N) is 2. The third-order valence-corrected chi connectivity index (χ3v) is 1.74. The minimum atomic E-state index is -0.295. The van der Waals surface area contributed by atoms with Gasteiger partial charge in [-0.3, -0.25) is 4.79 Å². The second-order valence-corrected chi connectivity index (χ2v) is 2.95. The zero-order chi connectivity index (χ0) is 11.1. The molecule has 0 fully saturated rings. The number of anilines is 1. The summed E-state index contributed by atoms with van der Waals surface area (Å²) in [6, 6.07) is 5.83. The Balaban J connectivity index is 2.33. The number of hydrogen-bond acceptors (Lipinski definition) is 2. The SMILES string of the molecule is C=CCNC(=O)CNc1ccc(F)cc1. The van der Waals surface area contributed by atoms with Crippen LogP contribution in [0.3, 0.4) is 0 Å². The molecule has 0 spiro atoms. The third kappa shape index (κ3) is 4.26. The lowest BCUT2D eigenvalue weighted by Gasteiger charge is -2.05. The van der Waals surface area contributed by atoms with Crippen molar-refractivity contribution in [3.63, 3.8) is 0 Å². The largest absolute Gasteiger partial charge is 0.376 e. The Morgan fingerprint density at radius 3 is 2.67 bits per heavy atom. The number of halogens is 1. The smallest absolute Gasteiger partial charge is 0.239 e.